The fourth-order valence-electron chi connectivity index (χ4n) is 1.84. The van der Waals surface area contributed by atoms with E-state index in [1.54, 1.807) is 18.2 Å². The van der Waals surface area contributed by atoms with Crippen molar-refractivity contribution in [1.82, 2.24) is 0 Å². The Morgan fingerprint density at radius 1 is 1.24 bits per heavy atom. The van der Waals surface area contributed by atoms with Crippen LogP contribution in [0.5, 0.6) is 0 Å². The lowest BCUT2D eigenvalue weighted by Gasteiger charge is -2.10. The number of aryl methyl sites for hydroxylation is 1. The summed E-state index contributed by atoms with van der Waals surface area (Å²) in [6.45, 7) is 1.99. The summed E-state index contributed by atoms with van der Waals surface area (Å²) in [6.07, 6.45) is 0.806. The van der Waals surface area contributed by atoms with Crippen LogP contribution in [0.3, 0.4) is 0 Å². The molecule has 0 heterocycles. The Bertz CT molecular complexity index is 811. The molecule has 0 atom stereocenters. The fourth-order valence-corrected chi connectivity index (χ4v) is 3.42. The van der Waals surface area contributed by atoms with Crippen LogP contribution >= 0.6 is 11.6 Å². The second-order valence-corrected chi connectivity index (χ2v) is 6.47. The Morgan fingerprint density at radius 3 is 2.67 bits per heavy atom. The molecule has 0 fully saturated rings. The summed E-state index contributed by atoms with van der Waals surface area (Å²) in [4.78, 5) is -0.106. The molecule has 0 bridgehead atoms. The summed E-state index contributed by atoms with van der Waals surface area (Å²) in [5.41, 5.74) is 1.72. The number of halogens is 1. The fraction of sp³-hybridized carbons (Fsp3) is 0.133. The zero-order chi connectivity index (χ0) is 15.5. The number of nitriles is 1. The number of benzene rings is 2. The van der Waals surface area contributed by atoms with Crippen LogP contribution in [0.1, 0.15) is 18.1 Å². The minimum absolute atomic E-state index is 0.0770. The average molecular weight is 321 g/mol. The predicted molar refractivity (Wildman–Crippen MR) is 82.8 cm³/mol. The van der Waals surface area contributed by atoms with Gasteiger partial charge < -0.3 is 0 Å². The first-order valence-corrected chi connectivity index (χ1v) is 8.14. The van der Waals surface area contributed by atoms with Gasteiger partial charge >= 0.3 is 0 Å². The van der Waals surface area contributed by atoms with Crippen LogP contribution in [-0.2, 0) is 16.4 Å². The zero-order valence-electron chi connectivity index (χ0n) is 11.3. The Labute approximate surface area is 129 Å². The predicted octanol–water partition coefficient (Wildman–Crippen LogP) is 3.57. The molecule has 6 heteroatoms. The SMILES string of the molecule is CCc1cccc(NS(=O)(=O)c2cc(C#N)ccc2Cl)c1. The summed E-state index contributed by atoms with van der Waals surface area (Å²) in [5, 5.41) is 8.95. The minimum atomic E-state index is -3.83. The number of hydrogen-bond donors (Lipinski definition) is 1. The molecule has 21 heavy (non-hydrogen) atoms. The molecule has 0 aliphatic heterocycles. The number of nitrogens with one attached hydrogen (secondary N) is 1. The van der Waals surface area contributed by atoms with Crippen molar-refractivity contribution >= 4 is 27.3 Å². The number of rotatable bonds is 4. The molecule has 0 saturated heterocycles. The molecule has 1 N–H and O–H groups in total. The van der Waals surface area contributed by atoms with E-state index in [1.165, 1.54) is 18.2 Å². The highest BCUT2D eigenvalue weighted by molar-refractivity contribution is 7.92. The molecule has 0 radical (unpaired) electrons. The van der Waals surface area contributed by atoms with E-state index in [2.05, 4.69) is 4.72 Å². The van der Waals surface area contributed by atoms with Crippen LogP contribution < -0.4 is 4.72 Å². The highest BCUT2D eigenvalue weighted by Gasteiger charge is 2.18. The maximum Gasteiger partial charge on any atom is 0.263 e. The molecule has 0 amide bonds. The van der Waals surface area contributed by atoms with Crippen molar-refractivity contribution in [3.05, 3.63) is 58.6 Å². The molecule has 2 rings (SSSR count). The first kappa shape index (κ1) is 15.4. The third-order valence-electron chi connectivity index (χ3n) is 2.94. The van der Waals surface area contributed by atoms with Crippen molar-refractivity contribution in [3.8, 4) is 6.07 Å². The Balaban J connectivity index is 2.41. The van der Waals surface area contributed by atoms with E-state index in [-0.39, 0.29) is 15.5 Å². The van der Waals surface area contributed by atoms with E-state index >= 15 is 0 Å². The summed E-state index contributed by atoms with van der Waals surface area (Å²) in [6, 6.07) is 13.2. The normalized spacial score (nSPS) is 10.9. The van der Waals surface area contributed by atoms with Crippen LogP contribution in [0.2, 0.25) is 5.02 Å². The maximum atomic E-state index is 12.4. The van der Waals surface area contributed by atoms with Crippen LogP contribution in [0.15, 0.2) is 47.4 Å². The maximum absolute atomic E-state index is 12.4. The third kappa shape index (κ3) is 3.54. The van der Waals surface area contributed by atoms with Crippen LogP contribution in [0, 0.1) is 11.3 Å². The summed E-state index contributed by atoms with van der Waals surface area (Å²) < 4.78 is 27.3. The molecule has 4 nitrogen and oxygen atoms in total. The molecule has 0 aromatic heterocycles. The van der Waals surface area contributed by atoms with Gasteiger partial charge in [0.2, 0.25) is 0 Å². The van der Waals surface area contributed by atoms with Gasteiger partial charge in [-0.25, -0.2) is 8.42 Å². The molecular weight excluding hydrogens is 308 g/mol. The Kier molecular flexibility index (Phi) is 4.51. The van der Waals surface area contributed by atoms with Crippen molar-refractivity contribution in [3.63, 3.8) is 0 Å². The molecule has 0 spiro atoms. The number of nitrogens with zero attached hydrogens (tertiary/aromatic N) is 1. The van der Waals surface area contributed by atoms with Crippen LogP contribution in [0.4, 0.5) is 5.69 Å². The smallest absolute Gasteiger partial charge is 0.263 e. The minimum Gasteiger partial charge on any atom is -0.280 e. The van der Waals surface area contributed by atoms with E-state index < -0.39 is 10.0 Å². The topological polar surface area (TPSA) is 70.0 Å². The molecule has 2 aromatic carbocycles. The monoisotopic (exact) mass is 320 g/mol. The largest absolute Gasteiger partial charge is 0.280 e. The molecule has 0 unspecified atom stereocenters. The van der Waals surface area contributed by atoms with Crippen molar-refractivity contribution in [2.45, 2.75) is 18.2 Å². The Hall–Kier alpha value is -2.03. The Morgan fingerprint density at radius 2 is 2.00 bits per heavy atom. The van der Waals surface area contributed by atoms with Gasteiger partial charge in [0.15, 0.2) is 0 Å². The van der Waals surface area contributed by atoms with Gasteiger partial charge in [0.25, 0.3) is 10.0 Å². The third-order valence-corrected chi connectivity index (χ3v) is 4.80. The van der Waals surface area contributed by atoms with Crippen molar-refractivity contribution in [1.29, 1.82) is 5.26 Å². The second-order valence-electron chi connectivity index (χ2n) is 4.42. The number of anilines is 1. The average Bonchev–Trinajstić information content (AvgIpc) is 2.47. The first-order valence-electron chi connectivity index (χ1n) is 6.27. The number of hydrogen-bond acceptors (Lipinski definition) is 3. The first-order chi connectivity index (χ1) is 9.96. The molecule has 2 aromatic rings. The van der Waals surface area contributed by atoms with E-state index in [9.17, 15) is 8.42 Å². The molecule has 108 valence electrons. The van der Waals surface area contributed by atoms with Gasteiger partial charge in [-0.05, 0) is 42.3 Å². The molecule has 0 aliphatic carbocycles. The van der Waals surface area contributed by atoms with Crippen molar-refractivity contribution in [2.75, 3.05) is 4.72 Å². The second kappa shape index (κ2) is 6.17. The van der Waals surface area contributed by atoms with Gasteiger partial charge in [-0.2, -0.15) is 5.26 Å². The quantitative estimate of drug-likeness (QED) is 0.936. The highest BCUT2D eigenvalue weighted by Crippen LogP contribution is 2.25. The molecule has 0 aliphatic rings. The van der Waals surface area contributed by atoms with Gasteiger partial charge in [0, 0.05) is 5.69 Å². The lowest BCUT2D eigenvalue weighted by Crippen LogP contribution is -2.13. The van der Waals surface area contributed by atoms with E-state index in [4.69, 9.17) is 16.9 Å². The molecular formula is C15H13ClN2O2S. The summed E-state index contributed by atoms with van der Waals surface area (Å²) in [5.74, 6) is 0. The summed E-state index contributed by atoms with van der Waals surface area (Å²) >= 11 is 5.93. The standard InChI is InChI=1S/C15H13ClN2O2S/c1-2-11-4-3-5-13(8-11)18-21(19,20)15-9-12(10-17)6-7-14(15)16/h3-9,18H,2H2,1H3. The van der Waals surface area contributed by atoms with Gasteiger partial charge in [-0.15, -0.1) is 0 Å². The van der Waals surface area contributed by atoms with E-state index in [1.807, 2.05) is 19.1 Å². The summed E-state index contributed by atoms with van der Waals surface area (Å²) in [7, 11) is -3.83. The highest BCUT2D eigenvalue weighted by atomic mass is 35.5. The van der Waals surface area contributed by atoms with E-state index in [0.717, 1.165) is 12.0 Å². The van der Waals surface area contributed by atoms with Crippen molar-refractivity contribution < 1.29 is 8.42 Å². The van der Waals surface area contributed by atoms with Gasteiger partial charge in [0.05, 0.1) is 16.7 Å². The van der Waals surface area contributed by atoms with Crippen LogP contribution in [0.25, 0.3) is 0 Å². The van der Waals surface area contributed by atoms with Gasteiger partial charge in [-0.3, -0.25) is 4.72 Å². The van der Waals surface area contributed by atoms with Crippen LogP contribution in [-0.4, -0.2) is 8.42 Å². The number of sulfonamides is 1. The van der Waals surface area contributed by atoms with E-state index in [0.29, 0.717) is 5.69 Å². The zero-order valence-corrected chi connectivity index (χ0v) is 12.9. The van der Waals surface area contributed by atoms with Gasteiger partial charge in [0.1, 0.15) is 4.90 Å². The lowest BCUT2D eigenvalue weighted by atomic mass is 10.1. The molecule has 0 saturated carbocycles. The lowest BCUT2D eigenvalue weighted by molar-refractivity contribution is 0.601. The van der Waals surface area contributed by atoms with Gasteiger partial charge in [-0.1, -0.05) is 30.7 Å². The van der Waals surface area contributed by atoms with Crippen molar-refractivity contribution in [2.24, 2.45) is 0 Å².